The molecule has 8 nitrogen and oxygen atoms in total. The highest BCUT2D eigenvalue weighted by molar-refractivity contribution is 5.96. The number of nitrogens with two attached hydrogens (primary N) is 2. The summed E-state index contributed by atoms with van der Waals surface area (Å²) < 4.78 is 0. The Kier molecular flexibility index (Phi) is 6.11. The van der Waals surface area contributed by atoms with Crippen molar-refractivity contribution in [3.8, 4) is 0 Å². The number of primary amides is 2. The second-order valence-corrected chi connectivity index (χ2v) is 6.54. The van der Waals surface area contributed by atoms with Gasteiger partial charge in [0.1, 0.15) is 11.9 Å². The lowest BCUT2D eigenvalue weighted by Crippen LogP contribution is -2.37. The maximum absolute atomic E-state index is 11.7. The highest BCUT2D eigenvalue weighted by Crippen LogP contribution is 2.21. The minimum absolute atomic E-state index is 0.0107. The lowest BCUT2D eigenvalue weighted by molar-refractivity contribution is -0.119. The normalized spacial score (nSPS) is 11.8. The molecule has 0 aliphatic heterocycles. The van der Waals surface area contributed by atoms with E-state index in [4.69, 9.17) is 11.5 Å². The zero-order valence-corrected chi connectivity index (χ0v) is 15.1. The summed E-state index contributed by atoms with van der Waals surface area (Å²) in [5.41, 5.74) is 12.6. The Balaban J connectivity index is 2.32. The molecule has 0 unspecified atom stereocenters. The first-order chi connectivity index (χ1) is 12.3. The van der Waals surface area contributed by atoms with Gasteiger partial charge < -0.3 is 22.1 Å². The van der Waals surface area contributed by atoms with E-state index in [1.807, 2.05) is 45.0 Å². The molecule has 8 heteroatoms. The molecule has 0 saturated heterocycles. The van der Waals surface area contributed by atoms with Crippen LogP contribution >= 0.6 is 0 Å². The third-order valence-electron chi connectivity index (χ3n) is 3.66. The van der Waals surface area contributed by atoms with E-state index in [9.17, 15) is 9.59 Å². The molecule has 2 aromatic rings. The van der Waals surface area contributed by atoms with Gasteiger partial charge in [0, 0.05) is 5.69 Å². The highest BCUT2D eigenvalue weighted by Gasteiger charge is 2.19. The van der Waals surface area contributed by atoms with Crippen LogP contribution in [-0.4, -0.2) is 27.8 Å². The Labute approximate surface area is 152 Å². The minimum atomic E-state index is -0.701. The summed E-state index contributed by atoms with van der Waals surface area (Å²) in [4.78, 5) is 31.7. The number of aromatic nitrogens is 2. The Morgan fingerprint density at radius 1 is 1.23 bits per heavy atom. The molecule has 0 bridgehead atoms. The van der Waals surface area contributed by atoms with E-state index in [0.29, 0.717) is 12.2 Å². The molecule has 0 radical (unpaired) electrons. The molecule has 0 aliphatic carbocycles. The Morgan fingerprint density at radius 3 is 2.54 bits per heavy atom. The number of hydrogen-bond acceptors (Lipinski definition) is 6. The molecule has 26 heavy (non-hydrogen) atoms. The first-order valence-corrected chi connectivity index (χ1v) is 8.32. The molecule has 1 aromatic carbocycles. The number of aryl methyl sites for hydroxylation is 1. The molecule has 1 heterocycles. The molecule has 1 aromatic heterocycles. The number of carbonyl (C=O) groups is 2. The van der Waals surface area contributed by atoms with Crippen molar-refractivity contribution < 1.29 is 9.59 Å². The first-order valence-electron chi connectivity index (χ1n) is 8.32. The zero-order valence-electron chi connectivity index (χ0n) is 15.1. The van der Waals surface area contributed by atoms with Crippen LogP contribution in [0.15, 0.2) is 30.5 Å². The number of rotatable bonds is 8. The standard InChI is InChI=1S/C18H24N6O2/c1-10(2)7-13(16(19)25)23-14-9-21-15(17(20)26)18(24-14)22-12-6-4-5-11(3)8-12/h4-6,8-10,13H,7H2,1-3H3,(H2,19,25)(H2,20,26)(H2,22,23,24)/t13-/m1/s1. The van der Waals surface area contributed by atoms with Crippen LogP contribution in [-0.2, 0) is 4.79 Å². The molecule has 2 amide bonds. The summed E-state index contributed by atoms with van der Waals surface area (Å²) in [6, 6.07) is 6.98. The van der Waals surface area contributed by atoms with Gasteiger partial charge in [-0.1, -0.05) is 26.0 Å². The Bertz CT molecular complexity index is 806. The SMILES string of the molecule is Cc1cccc(Nc2nc(N[C@H](CC(C)C)C(N)=O)cnc2C(N)=O)c1. The van der Waals surface area contributed by atoms with E-state index < -0.39 is 17.9 Å². The van der Waals surface area contributed by atoms with Crippen LogP contribution in [0.1, 0.15) is 36.3 Å². The van der Waals surface area contributed by atoms with E-state index >= 15 is 0 Å². The quantitative estimate of drug-likeness (QED) is 0.570. The predicted molar refractivity (Wildman–Crippen MR) is 101 cm³/mol. The molecular formula is C18H24N6O2. The van der Waals surface area contributed by atoms with Gasteiger partial charge in [-0.15, -0.1) is 0 Å². The number of amides is 2. The van der Waals surface area contributed by atoms with Gasteiger partial charge in [0.15, 0.2) is 11.5 Å². The molecular weight excluding hydrogens is 332 g/mol. The molecule has 0 saturated carbocycles. The van der Waals surface area contributed by atoms with Crippen LogP contribution in [0.4, 0.5) is 17.3 Å². The molecule has 0 fully saturated rings. The van der Waals surface area contributed by atoms with Gasteiger partial charge in [0.05, 0.1) is 6.20 Å². The average Bonchev–Trinajstić information content (AvgIpc) is 2.53. The number of benzene rings is 1. The summed E-state index contributed by atoms with van der Waals surface area (Å²) in [6.45, 7) is 5.93. The topological polar surface area (TPSA) is 136 Å². The number of nitrogens with one attached hydrogen (secondary N) is 2. The van der Waals surface area contributed by atoms with Crippen LogP contribution in [0.25, 0.3) is 0 Å². The van der Waals surface area contributed by atoms with Crippen molar-refractivity contribution in [3.05, 3.63) is 41.7 Å². The fraction of sp³-hybridized carbons (Fsp3) is 0.333. The van der Waals surface area contributed by atoms with Gasteiger partial charge >= 0.3 is 0 Å². The van der Waals surface area contributed by atoms with Crippen LogP contribution in [0, 0.1) is 12.8 Å². The predicted octanol–water partition coefficient (Wildman–Crippen LogP) is 1.94. The molecule has 138 valence electrons. The van der Waals surface area contributed by atoms with E-state index in [1.165, 1.54) is 6.20 Å². The second-order valence-electron chi connectivity index (χ2n) is 6.54. The van der Waals surface area contributed by atoms with Crippen LogP contribution in [0.3, 0.4) is 0 Å². The Morgan fingerprint density at radius 2 is 1.96 bits per heavy atom. The van der Waals surface area contributed by atoms with E-state index in [0.717, 1.165) is 11.3 Å². The summed E-state index contributed by atoms with van der Waals surface area (Å²) in [7, 11) is 0. The summed E-state index contributed by atoms with van der Waals surface area (Å²) in [5.74, 6) is -0.376. The summed E-state index contributed by atoms with van der Waals surface area (Å²) in [5, 5.41) is 6.02. The van der Waals surface area contributed by atoms with Gasteiger partial charge in [0.25, 0.3) is 5.91 Å². The van der Waals surface area contributed by atoms with Gasteiger partial charge in [0.2, 0.25) is 5.91 Å². The van der Waals surface area contributed by atoms with Crippen molar-refractivity contribution in [2.75, 3.05) is 10.6 Å². The van der Waals surface area contributed by atoms with Gasteiger partial charge in [-0.2, -0.15) is 0 Å². The molecule has 0 aliphatic rings. The molecule has 0 spiro atoms. The number of anilines is 3. The van der Waals surface area contributed by atoms with Crippen LogP contribution < -0.4 is 22.1 Å². The van der Waals surface area contributed by atoms with E-state index in [1.54, 1.807) is 0 Å². The van der Waals surface area contributed by atoms with Crippen LogP contribution in [0.2, 0.25) is 0 Å². The number of hydrogen-bond donors (Lipinski definition) is 4. The Hall–Kier alpha value is -3.16. The highest BCUT2D eigenvalue weighted by atomic mass is 16.1. The lowest BCUT2D eigenvalue weighted by atomic mass is 10.0. The maximum Gasteiger partial charge on any atom is 0.271 e. The zero-order chi connectivity index (χ0) is 19.3. The van der Waals surface area contributed by atoms with Crippen molar-refractivity contribution in [1.82, 2.24) is 9.97 Å². The fourth-order valence-electron chi connectivity index (χ4n) is 2.48. The summed E-state index contributed by atoms with van der Waals surface area (Å²) in [6.07, 6.45) is 1.91. The van der Waals surface area contributed by atoms with Gasteiger partial charge in [-0.25, -0.2) is 9.97 Å². The number of carbonyl (C=O) groups excluding carboxylic acids is 2. The van der Waals surface area contributed by atoms with Crippen molar-refractivity contribution in [3.63, 3.8) is 0 Å². The van der Waals surface area contributed by atoms with Crippen molar-refractivity contribution in [2.45, 2.75) is 33.2 Å². The largest absolute Gasteiger partial charge is 0.368 e. The minimum Gasteiger partial charge on any atom is -0.368 e. The van der Waals surface area contributed by atoms with Crippen molar-refractivity contribution >= 4 is 29.1 Å². The summed E-state index contributed by atoms with van der Waals surface area (Å²) >= 11 is 0. The van der Waals surface area contributed by atoms with E-state index in [2.05, 4.69) is 20.6 Å². The van der Waals surface area contributed by atoms with E-state index in [-0.39, 0.29) is 17.4 Å². The van der Waals surface area contributed by atoms with Crippen molar-refractivity contribution in [2.24, 2.45) is 17.4 Å². The lowest BCUT2D eigenvalue weighted by Gasteiger charge is -2.18. The van der Waals surface area contributed by atoms with Crippen LogP contribution in [0.5, 0.6) is 0 Å². The van der Waals surface area contributed by atoms with Gasteiger partial charge in [-0.3, -0.25) is 9.59 Å². The molecule has 1 atom stereocenters. The number of nitrogens with zero attached hydrogens (tertiary/aromatic N) is 2. The third-order valence-corrected chi connectivity index (χ3v) is 3.66. The monoisotopic (exact) mass is 356 g/mol. The smallest absolute Gasteiger partial charge is 0.271 e. The average molecular weight is 356 g/mol. The van der Waals surface area contributed by atoms with Gasteiger partial charge in [-0.05, 0) is 37.0 Å². The van der Waals surface area contributed by atoms with Crippen molar-refractivity contribution in [1.29, 1.82) is 0 Å². The fourth-order valence-corrected chi connectivity index (χ4v) is 2.48. The second kappa shape index (κ2) is 8.28. The third kappa shape index (κ3) is 5.17. The maximum atomic E-state index is 11.7. The molecule has 6 N–H and O–H groups in total. The molecule has 2 rings (SSSR count). The first kappa shape index (κ1) is 19.2.